The summed E-state index contributed by atoms with van der Waals surface area (Å²) in [6, 6.07) is 39.0. The Morgan fingerprint density at radius 1 is 0.429 bits per heavy atom. The zero-order chi connectivity index (χ0) is 100. The van der Waals surface area contributed by atoms with Crippen molar-refractivity contribution in [3.8, 4) is 17.2 Å². The van der Waals surface area contributed by atoms with E-state index in [0.717, 1.165) is 36.2 Å². The third-order valence-corrected chi connectivity index (χ3v) is 33.7. The molecular formula is C107H112F6N2O25. The SMILES string of the molecule is C.C[C@]12C=CC(=O)C=C1[C@@H](F)C[C@H]1[C@@H]3C[C@@H](O)[C@](O)(C(=O)CO)[C@@]3(C)C[C@H](O)[C@@]12F.C[C@]12C=CC(=O)C=C1[C@@H](F)C[C@H]1[C@@H]3C[C@H]4O[C@@H](c5ccc(C(=O)Oc6cccc(N)c6)cc5)O[C@@]4(C(=O)CO)[C@@]3(C)C[C@H](O)[C@@]12F.C[C@]12C=CC(=O)C=C1[C@@H](F)C[C@H]1[C@@H]3C[C@H]4O[C@H](c5ccc(C(=O)Oc6cccc(N)c6)cc5)O[C@@]4(C(=O)CO)[C@@]3(C)C[C@H](O)[C@@]12F.Cc1cccc(OC(=O)c2ccc(C=O)cc2)c1. The number of ether oxygens (including phenoxy) is 7. The van der Waals surface area contributed by atoms with Crippen LogP contribution in [0.5, 0.6) is 17.2 Å². The third-order valence-electron chi connectivity index (χ3n) is 33.7. The number of benzene rings is 6. The van der Waals surface area contributed by atoms with Gasteiger partial charge in [0, 0.05) is 90.4 Å². The highest BCUT2D eigenvalue weighted by molar-refractivity contribution is 6.03. The molecule has 9 saturated carbocycles. The van der Waals surface area contributed by atoms with Crippen molar-refractivity contribution in [2.75, 3.05) is 31.3 Å². The molecule has 12 N–H and O–H groups in total. The van der Waals surface area contributed by atoms with Gasteiger partial charge in [0.15, 0.2) is 81.1 Å². The van der Waals surface area contributed by atoms with Gasteiger partial charge in [-0.1, -0.05) is 107 Å². The number of esters is 3. The van der Waals surface area contributed by atoms with Gasteiger partial charge in [-0.05, 0) is 235 Å². The van der Waals surface area contributed by atoms with Crippen LogP contribution in [-0.4, -0.2) is 209 Å². The maximum atomic E-state index is 17.5. The summed E-state index contributed by atoms with van der Waals surface area (Å²) in [5.74, 6) is -9.56. The summed E-state index contributed by atoms with van der Waals surface area (Å²) in [6.07, 6.45) is -5.44. The topological polar surface area (TPSA) is 449 Å². The van der Waals surface area contributed by atoms with Crippen LogP contribution in [0.15, 0.2) is 217 Å². The molecule has 20 rings (SSSR count). The van der Waals surface area contributed by atoms with Crippen LogP contribution in [0.3, 0.4) is 0 Å². The number of carbonyl (C=O) groups excluding carboxylic acids is 10. The molecule has 6 aromatic carbocycles. The molecular weight excluding hydrogens is 1830 g/mol. The number of aliphatic hydroxyl groups is 8. The summed E-state index contributed by atoms with van der Waals surface area (Å²) < 4.78 is 140. The van der Waals surface area contributed by atoms with Gasteiger partial charge >= 0.3 is 17.9 Å². The predicted octanol–water partition coefficient (Wildman–Crippen LogP) is 12.5. The fourth-order valence-electron chi connectivity index (χ4n) is 26.9. The number of Topliss-reactive ketones (excluding diaryl/α,β-unsaturated/α-hetero) is 3. The maximum absolute atomic E-state index is 17.5. The van der Waals surface area contributed by atoms with E-state index in [9.17, 15) is 88.8 Å². The summed E-state index contributed by atoms with van der Waals surface area (Å²) in [4.78, 5) is 124. The third kappa shape index (κ3) is 15.3. The Morgan fingerprint density at radius 2 is 0.750 bits per heavy atom. The molecule has 0 amide bonds. The second-order valence-electron chi connectivity index (χ2n) is 40.5. The lowest BCUT2D eigenvalue weighted by Gasteiger charge is -2.63. The summed E-state index contributed by atoms with van der Waals surface area (Å²) >= 11 is 0. The molecule has 0 unspecified atom stereocenters. The van der Waals surface area contributed by atoms with Crippen molar-refractivity contribution in [3.05, 3.63) is 256 Å². The van der Waals surface area contributed by atoms with E-state index < -0.39 is 242 Å². The predicted molar refractivity (Wildman–Crippen MR) is 491 cm³/mol. The first-order chi connectivity index (χ1) is 65.6. The minimum absolute atomic E-state index is 0. The fraction of sp³-hybridized carbons (Fsp3) is 0.458. The van der Waals surface area contributed by atoms with E-state index in [-0.39, 0.29) is 105 Å². The Kier molecular flexibility index (Phi) is 26.5. The number of hydrogen-bond donors (Lipinski definition) is 10. The van der Waals surface area contributed by atoms with Gasteiger partial charge in [-0.15, -0.1) is 0 Å². The van der Waals surface area contributed by atoms with Crippen molar-refractivity contribution in [1.82, 2.24) is 0 Å². The second-order valence-corrected chi connectivity index (χ2v) is 40.5. The summed E-state index contributed by atoms with van der Waals surface area (Å²) in [5.41, 5.74) is -5.72. The number of allylic oxidation sites excluding steroid dienone is 12. The number of anilines is 2. The molecule has 2 heterocycles. The summed E-state index contributed by atoms with van der Waals surface area (Å²) in [7, 11) is 0. The van der Waals surface area contributed by atoms with Gasteiger partial charge in [-0.3, -0.25) is 33.6 Å². The monoisotopic (exact) mass is 1940 g/mol. The van der Waals surface area contributed by atoms with E-state index in [2.05, 4.69) is 0 Å². The van der Waals surface area contributed by atoms with E-state index in [4.69, 9.17) is 44.6 Å². The summed E-state index contributed by atoms with van der Waals surface area (Å²) in [6.45, 7) is 8.53. The molecule has 742 valence electrons. The molecule has 0 radical (unpaired) electrons. The number of nitrogens with two attached hydrogens (primary N) is 2. The Balaban J connectivity index is 0.000000141. The molecule has 140 heavy (non-hydrogen) atoms. The minimum Gasteiger partial charge on any atom is -0.423 e. The Morgan fingerprint density at radius 3 is 1.08 bits per heavy atom. The molecule has 0 spiro atoms. The van der Waals surface area contributed by atoms with Crippen LogP contribution in [0.25, 0.3) is 0 Å². The van der Waals surface area contributed by atoms with Crippen molar-refractivity contribution in [2.24, 2.45) is 68.0 Å². The molecule has 2 aliphatic heterocycles. The van der Waals surface area contributed by atoms with Crippen LogP contribution in [0.4, 0.5) is 37.7 Å². The quantitative estimate of drug-likeness (QED) is 0.0150. The van der Waals surface area contributed by atoms with Crippen molar-refractivity contribution < 1.29 is 148 Å². The van der Waals surface area contributed by atoms with E-state index >= 15 is 26.3 Å². The zero-order valence-electron chi connectivity index (χ0n) is 76.9. The van der Waals surface area contributed by atoms with Crippen LogP contribution >= 0.6 is 0 Å². The van der Waals surface area contributed by atoms with Gasteiger partial charge < -0.3 is 85.5 Å². The fourth-order valence-corrected chi connectivity index (χ4v) is 26.9. The second kappa shape index (κ2) is 36.5. The van der Waals surface area contributed by atoms with Crippen molar-refractivity contribution in [2.45, 2.75) is 215 Å². The number of fused-ring (bicyclic) bond motifs is 19. The van der Waals surface area contributed by atoms with Gasteiger partial charge in [0.25, 0.3) is 0 Å². The van der Waals surface area contributed by atoms with Crippen molar-refractivity contribution in [3.63, 3.8) is 0 Å². The number of ketones is 6. The molecule has 0 bridgehead atoms. The number of hydrogen-bond acceptors (Lipinski definition) is 27. The number of alkyl halides is 6. The largest absolute Gasteiger partial charge is 0.423 e. The molecule has 0 aromatic heterocycles. The highest BCUT2D eigenvalue weighted by Crippen LogP contribution is 2.77. The van der Waals surface area contributed by atoms with E-state index in [1.807, 2.05) is 19.1 Å². The lowest BCUT2D eigenvalue weighted by atomic mass is 9.44. The van der Waals surface area contributed by atoms with Gasteiger partial charge in [0.05, 0.1) is 53.3 Å². The standard InChI is InChI=1S/2C35H35F2NO8.C21H26F2O6.C15H12O3.CH4/c2*1-32-11-10-21(40)13-25(32)26(36)14-24-23-15-29-35(28(42)17-39,33(23,2)16-27(41)34(24,32)37)46-31(45-29)19-8-6-18(7-9-19)30(43)44-22-5-3-4-20(38)12-22;1-18-4-3-10(25)5-13(18)14(22)6-12-11-7-15(26)21(29,17(28)9-24)19(11,2)8-16(27)20(12,18)23;1-11-3-2-4-14(9-11)18-15(17)13-7-5-12(10-16)6-8-13;/h2*3-13,23-24,26-27,29,31,39,41H,14-17,38H2,1-2H3;3-5,11-12,14-16,24,26-27,29H,6-9H2,1-2H3;2-10H,1H3;1H4/t23-,24-,26-,27-,29+,31+,32-,33-,34-,35+;23-,24-,26-,27-,29+,31-,32-,33-,34-,35+;11-,12-,14-,15+,16-,18-,19-,20-,21-;;/m000../s1. The number of halogens is 6. The molecule has 33 heteroatoms. The molecule has 2 saturated heterocycles. The van der Waals surface area contributed by atoms with E-state index in [1.165, 1.54) is 94.5 Å². The van der Waals surface area contributed by atoms with Crippen LogP contribution in [-0.2, 0) is 47.7 Å². The first-order valence-electron chi connectivity index (χ1n) is 46.2. The number of rotatable bonds is 15. The Labute approximate surface area is 802 Å². The zero-order valence-corrected chi connectivity index (χ0v) is 76.9. The molecule has 11 fully saturated rings. The van der Waals surface area contributed by atoms with Crippen molar-refractivity contribution >= 4 is 70.3 Å². The lowest BCUT2D eigenvalue weighted by Crippen LogP contribution is -2.70. The summed E-state index contributed by atoms with van der Waals surface area (Å²) in [5, 5.41) is 85.6. The van der Waals surface area contributed by atoms with Crippen LogP contribution in [0.1, 0.15) is 177 Å². The number of carbonyl (C=O) groups is 10. The van der Waals surface area contributed by atoms with Crippen LogP contribution in [0, 0.1) is 74.9 Å². The first kappa shape index (κ1) is 102. The average molecular weight is 1940 g/mol. The van der Waals surface area contributed by atoms with E-state index in [0.29, 0.717) is 39.4 Å². The van der Waals surface area contributed by atoms with Crippen LogP contribution < -0.4 is 25.7 Å². The Hall–Kier alpha value is -11.4. The molecule has 14 aliphatic rings. The molecule has 12 aliphatic carbocycles. The maximum Gasteiger partial charge on any atom is 0.343 e. The number of aryl methyl sites for hydroxylation is 1. The van der Waals surface area contributed by atoms with Gasteiger partial charge in [0.1, 0.15) is 61.9 Å². The first-order valence-corrected chi connectivity index (χ1v) is 46.2. The van der Waals surface area contributed by atoms with Gasteiger partial charge in [-0.25, -0.2) is 40.7 Å². The Bertz CT molecular complexity index is 5960. The minimum atomic E-state index is -2.37. The van der Waals surface area contributed by atoms with Gasteiger partial charge in [0.2, 0.25) is 0 Å². The lowest BCUT2D eigenvalue weighted by molar-refractivity contribution is -0.235. The molecule has 29 atom stereocenters. The number of aliphatic hydroxyl groups excluding tert-OH is 7. The highest BCUT2D eigenvalue weighted by atomic mass is 19.2. The normalized spacial score (nSPS) is 39.2. The molecule has 6 aromatic rings. The number of nitrogen functional groups attached to an aromatic ring is 2. The van der Waals surface area contributed by atoms with Crippen molar-refractivity contribution in [1.29, 1.82) is 0 Å². The highest BCUT2D eigenvalue weighted by Gasteiger charge is 2.84. The van der Waals surface area contributed by atoms with Gasteiger partial charge in [-0.2, -0.15) is 0 Å². The smallest absolute Gasteiger partial charge is 0.343 e. The van der Waals surface area contributed by atoms with E-state index in [1.54, 1.807) is 111 Å². The number of aldehydes is 1. The molecule has 27 nitrogen and oxygen atoms in total. The van der Waals surface area contributed by atoms with Crippen LogP contribution in [0.2, 0.25) is 0 Å². The average Bonchev–Trinajstić information content (AvgIpc) is 1.47.